The minimum absolute atomic E-state index is 0. The zero-order valence-electron chi connectivity index (χ0n) is 13.9. The molecule has 0 saturated carbocycles. The van der Waals surface area contributed by atoms with Crippen molar-refractivity contribution in [2.75, 3.05) is 13.1 Å². The maximum Gasteiger partial charge on any atom is 0.115 e. The van der Waals surface area contributed by atoms with Crippen molar-refractivity contribution < 1.29 is 10.2 Å². The largest absolute Gasteiger partial charge is 0.508 e. The second-order valence-electron chi connectivity index (χ2n) is 5.25. The van der Waals surface area contributed by atoms with Crippen molar-refractivity contribution in [1.29, 1.82) is 0 Å². The van der Waals surface area contributed by atoms with Crippen LogP contribution in [0.15, 0.2) is 48.5 Å². The van der Waals surface area contributed by atoms with Gasteiger partial charge in [-0.15, -0.1) is 24.8 Å². The van der Waals surface area contributed by atoms with Crippen LogP contribution in [0.4, 0.5) is 0 Å². The van der Waals surface area contributed by atoms with Crippen molar-refractivity contribution in [3.63, 3.8) is 0 Å². The molecule has 0 bridgehead atoms. The third kappa shape index (κ3) is 5.87. The molecular weight excluding hydrogens is 347 g/mol. The lowest BCUT2D eigenvalue weighted by Crippen LogP contribution is -2.35. The maximum absolute atomic E-state index is 9.49. The van der Waals surface area contributed by atoms with Crippen LogP contribution in [-0.2, 0) is 0 Å². The van der Waals surface area contributed by atoms with Gasteiger partial charge in [0.1, 0.15) is 11.5 Å². The molecule has 0 aromatic heterocycles. The topological polar surface area (TPSA) is 64.5 Å². The van der Waals surface area contributed by atoms with Crippen LogP contribution in [0.1, 0.15) is 37.1 Å². The minimum Gasteiger partial charge on any atom is -0.508 e. The van der Waals surface area contributed by atoms with Crippen molar-refractivity contribution in [2.45, 2.75) is 25.9 Å². The van der Waals surface area contributed by atoms with Crippen LogP contribution in [0.3, 0.4) is 0 Å². The van der Waals surface area contributed by atoms with Crippen LogP contribution in [0.25, 0.3) is 0 Å². The van der Waals surface area contributed by atoms with Crippen LogP contribution in [0, 0.1) is 0 Å². The van der Waals surface area contributed by atoms with E-state index in [9.17, 15) is 10.2 Å². The highest BCUT2D eigenvalue weighted by Crippen LogP contribution is 2.30. The lowest BCUT2D eigenvalue weighted by atomic mass is 9.93. The number of hydrogen-bond acceptors (Lipinski definition) is 4. The molecule has 2 aromatic rings. The number of benzene rings is 2. The highest BCUT2D eigenvalue weighted by atomic mass is 35.5. The van der Waals surface area contributed by atoms with Gasteiger partial charge in [-0.3, -0.25) is 0 Å². The summed E-state index contributed by atoms with van der Waals surface area (Å²) in [6.45, 7) is 5.83. The van der Waals surface area contributed by atoms with E-state index in [-0.39, 0.29) is 48.4 Å². The molecule has 2 rings (SSSR count). The van der Waals surface area contributed by atoms with E-state index in [2.05, 4.69) is 24.5 Å². The third-order valence-corrected chi connectivity index (χ3v) is 3.69. The summed E-state index contributed by atoms with van der Waals surface area (Å²) >= 11 is 0. The molecule has 0 aliphatic heterocycles. The lowest BCUT2D eigenvalue weighted by molar-refractivity contribution is 0.396. The summed E-state index contributed by atoms with van der Waals surface area (Å²) in [6, 6.07) is 14.7. The number of hydrogen-bond donors (Lipinski definition) is 4. The smallest absolute Gasteiger partial charge is 0.115 e. The standard InChI is InChI=1S/C18H24N2O2.2ClH/c1-3-19-17(13-5-9-15(21)10-6-13)18(20-4-2)14-7-11-16(22)12-8-14;;/h5-12,17-22H,3-4H2,1-2H3;2*1H. The van der Waals surface area contributed by atoms with E-state index in [4.69, 9.17) is 0 Å². The molecule has 0 radical (unpaired) electrons. The molecule has 4 N–H and O–H groups in total. The molecule has 2 atom stereocenters. The van der Waals surface area contributed by atoms with Crippen LogP contribution in [0.5, 0.6) is 11.5 Å². The van der Waals surface area contributed by atoms with E-state index in [1.165, 1.54) is 0 Å². The van der Waals surface area contributed by atoms with Crippen molar-refractivity contribution >= 4 is 24.8 Å². The van der Waals surface area contributed by atoms with Crippen molar-refractivity contribution in [2.24, 2.45) is 0 Å². The SMILES string of the molecule is CCNC(c1ccc(O)cc1)C(NCC)c1ccc(O)cc1.Cl.Cl. The lowest BCUT2D eigenvalue weighted by Gasteiger charge is -2.29. The van der Waals surface area contributed by atoms with E-state index in [0.717, 1.165) is 24.2 Å². The van der Waals surface area contributed by atoms with E-state index < -0.39 is 0 Å². The highest BCUT2D eigenvalue weighted by Gasteiger charge is 2.23. The number of aromatic hydroxyl groups is 2. The molecule has 2 unspecified atom stereocenters. The van der Waals surface area contributed by atoms with Crippen molar-refractivity contribution in [1.82, 2.24) is 10.6 Å². The van der Waals surface area contributed by atoms with Gasteiger partial charge in [-0.2, -0.15) is 0 Å². The molecule has 0 heterocycles. The van der Waals surface area contributed by atoms with Gasteiger partial charge in [0.05, 0.1) is 12.1 Å². The Morgan fingerprint density at radius 1 is 0.667 bits per heavy atom. The predicted molar refractivity (Wildman–Crippen MR) is 104 cm³/mol. The second kappa shape index (κ2) is 11.2. The first kappa shape index (κ1) is 22.5. The van der Waals surface area contributed by atoms with Gasteiger partial charge in [0.15, 0.2) is 0 Å². The first-order valence-electron chi connectivity index (χ1n) is 7.70. The predicted octanol–water partition coefficient (Wildman–Crippen LogP) is 3.94. The Hall–Kier alpha value is -1.46. The fraction of sp³-hybridized carbons (Fsp3) is 0.333. The Morgan fingerprint density at radius 2 is 0.958 bits per heavy atom. The number of halogens is 2. The Labute approximate surface area is 156 Å². The summed E-state index contributed by atoms with van der Waals surface area (Å²) in [5, 5.41) is 26.0. The average molecular weight is 373 g/mol. The van der Waals surface area contributed by atoms with Crippen LogP contribution < -0.4 is 10.6 Å². The number of phenols is 2. The number of rotatable bonds is 7. The molecule has 134 valence electrons. The van der Waals surface area contributed by atoms with Crippen molar-refractivity contribution in [3.05, 3.63) is 59.7 Å². The normalized spacial score (nSPS) is 12.6. The molecule has 0 saturated heterocycles. The van der Waals surface area contributed by atoms with Gasteiger partial charge in [0, 0.05) is 0 Å². The van der Waals surface area contributed by atoms with Crippen LogP contribution >= 0.6 is 24.8 Å². The quantitative estimate of drug-likeness (QED) is 0.594. The molecule has 4 nitrogen and oxygen atoms in total. The van der Waals surface area contributed by atoms with E-state index in [1.807, 2.05) is 24.3 Å². The second-order valence-corrected chi connectivity index (χ2v) is 5.25. The minimum atomic E-state index is 0. The molecule has 0 spiro atoms. The van der Waals surface area contributed by atoms with Gasteiger partial charge in [0.2, 0.25) is 0 Å². The molecular formula is C18H26Cl2N2O2. The van der Waals surface area contributed by atoms with Crippen LogP contribution in [0.2, 0.25) is 0 Å². The Balaban J connectivity index is 0.00000264. The Morgan fingerprint density at radius 3 is 1.21 bits per heavy atom. The van der Waals surface area contributed by atoms with Crippen LogP contribution in [-0.4, -0.2) is 23.3 Å². The van der Waals surface area contributed by atoms with Gasteiger partial charge >= 0.3 is 0 Å². The zero-order chi connectivity index (χ0) is 15.9. The molecule has 6 heteroatoms. The van der Waals surface area contributed by atoms with E-state index >= 15 is 0 Å². The number of phenolic OH excluding ortho intramolecular Hbond substituents is 2. The molecule has 0 aliphatic carbocycles. The van der Waals surface area contributed by atoms with Gasteiger partial charge in [-0.05, 0) is 48.5 Å². The van der Waals surface area contributed by atoms with Gasteiger partial charge in [-0.1, -0.05) is 38.1 Å². The van der Waals surface area contributed by atoms with Gasteiger partial charge in [0.25, 0.3) is 0 Å². The van der Waals surface area contributed by atoms with E-state index in [1.54, 1.807) is 24.3 Å². The van der Waals surface area contributed by atoms with Gasteiger partial charge < -0.3 is 20.8 Å². The number of likely N-dealkylation sites (N-methyl/N-ethyl adjacent to an activating group) is 2. The maximum atomic E-state index is 9.49. The third-order valence-electron chi connectivity index (χ3n) is 3.69. The fourth-order valence-electron chi connectivity index (χ4n) is 2.66. The number of nitrogens with one attached hydrogen (secondary N) is 2. The van der Waals surface area contributed by atoms with E-state index in [0.29, 0.717) is 0 Å². The average Bonchev–Trinajstić information content (AvgIpc) is 2.53. The summed E-state index contributed by atoms with van der Waals surface area (Å²) < 4.78 is 0. The fourth-order valence-corrected chi connectivity index (χ4v) is 2.66. The Bertz CT molecular complexity index is 523. The molecule has 0 fully saturated rings. The van der Waals surface area contributed by atoms with Gasteiger partial charge in [-0.25, -0.2) is 0 Å². The summed E-state index contributed by atoms with van der Waals surface area (Å²) in [4.78, 5) is 0. The first-order valence-corrected chi connectivity index (χ1v) is 7.70. The molecule has 0 aliphatic rings. The summed E-state index contributed by atoms with van der Waals surface area (Å²) in [5.41, 5.74) is 2.22. The monoisotopic (exact) mass is 372 g/mol. The summed E-state index contributed by atoms with van der Waals surface area (Å²) in [7, 11) is 0. The zero-order valence-corrected chi connectivity index (χ0v) is 15.5. The van der Waals surface area contributed by atoms with Crippen molar-refractivity contribution in [3.8, 4) is 11.5 Å². The summed E-state index contributed by atoms with van der Waals surface area (Å²) in [6.07, 6.45) is 0. The highest BCUT2D eigenvalue weighted by molar-refractivity contribution is 5.85. The Kier molecular flexibility index (Phi) is 10.5. The first-order chi connectivity index (χ1) is 10.7. The summed E-state index contributed by atoms with van der Waals surface area (Å²) in [5.74, 6) is 0.535. The molecule has 24 heavy (non-hydrogen) atoms. The molecule has 0 amide bonds. The molecule has 2 aromatic carbocycles.